The number of nitrogens with one attached hydrogen (secondary N) is 1. The highest BCUT2D eigenvalue weighted by atomic mass is 32.1. The van der Waals surface area contributed by atoms with Gasteiger partial charge in [-0.25, -0.2) is 4.98 Å². The second-order valence-corrected chi connectivity index (χ2v) is 6.98. The molecule has 0 saturated heterocycles. The highest BCUT2D eigenvalue weighted by Crippen LogP contribution is 2.20. The van der Waals surface area contributed by atoms with E-state index in [0.717, 1.165) is 17.0 Å². The van der Waals surface area contributed by atoms with Crippen molar-refractivity contribution in [2.24, 2.45) is 0 Å². The Balaban J connectivity index is 1.59. The summed E-state index contributed by atoms with van der Waals surface area (Å²) in [5.41, 5.74) is 4.11. The number of aromatic nitrogens is 1. The first-order valence-electron chi connectivity index (χ1n) is 8.74. The summed E-state index contributed by atoms with van der Waals surface area (Å²) < 4.78 is 11.4. The van der Waals surface area contributed by atoms with E-state index in [1.807, 2.05) is 55.6 Å². The maximum Gasteiger partial charge on any atom is 0.255 e. The molecule has 6 heteroatoms. The minimum Gasteiger partial charge on any atom is -0.491 e. The van der Waals surface area contributed by atoms with Crippen LogP contribution in [0.2, 0.25) is 0 Å². The molecule has 0 bridgehead atoms. The number of thiazole rings is 1. The van der Waals surface area contributed by atoms with E-state index >= 15 is 0 Å². The second-order valence-electron chi connectivity index (χ2n) is 6.26. The fourth-order valence-electron chi connectivity index (χ4n) is 2.48. The zero-order chi connectivity index (χ0) is 19.1. The first-order chi connectivity index (χ1) is 13.1. The normalized spacial score (nSPS) is 10.6. The summed E-state index contributed by atoms with van der Waals surface area (Å²) in [6.45, 7) is 4.75. The minimum atomic E-state index is -0.175. The van der Waals surface area contributed by atoms with Crippen LogP contribution in [0.3, 0.4) is 0 Å². The van der Waals surface area contributed by atoms with Gasteiger partial charge in [0.2, 0.25) is 0 Å². The number of nitrogens with zero attached hydrogens (tertiary/aromatic N) is 1. The molecule has 1 aromatic heterocycles. The maximum atomic E-state index is 12.6. The SMILES string of the molecule is CC(C)Oc1ccc(CNC(=O)c2ccccc2OCc2cscn2)cc1. The predicted octanol–water partition coefficient (Wildman–Crippen LogP) is 4.44. The fraction of sp³-hybridized carbons (Fsp3) is 0.238. The molecule has 0 aliphatic rings. The molecule has 0 aliphatic heterocycles. The van der Waals surface area contributed by atoms with Gasteiger partial charge in [0.1, 0.15) is 18.1 Å². The molecule has 3 rings (SSSR count). The van der Waals surface area contributed by atoms with Gasteiger partial charge in [-0.15, -0.1) is 11.3 Å². The Labute approximate surface area is 163 Å². The fourth-order valence-corrected chi connectivity index (χ4v) is 3.02. The van der Waals surface area contributed by atoms with E-state index in [0.29, 0.717) is 24.5 Å². The minimum absolute atomic E-state index is 0.135. The third-order valence-electron chi connectivity index (χ3n) is 3.74. The van der Waals surface area contributed by atoms with Gasteiger partial charge in [-0.05, 0) is 43.7 Å². The molecule has 0 atom stereocenters. The summed E-state index contributed by atoms with van der Waals surface area (Å²) in [4.78, 5) is 16.8. The van der Waals surface area contributed by atoms with Gasteiger partial charge in [0.25, 0.3) is 5.91 Å². The zero-order valence-electron chi connectivity index (χ0n) is 15.3. The molecule has 0 fully saturated rings. The molecule has 0 aliphatic carbocycles. The van der Waals surface area contributed by atoms with Crippen molar-refractivity contribution in [1.82, 2.24) is 10.3 Å². The van der Waals surface area contributed by atoms with Crippen LogP contribution < -0.4 is 14.8 Å². The lowest BCUT2D eigenvalue weighted by atomic mass is 10.1. The van der Waals surface area contributed by atoms with Crippen molar-refractivity contribution in [3.63, 3.8) is 0 Å². The smallest absolute Gasteiger partial charge is 0.255 e. The van der Waals surface area contributed by atoms with Gasteiger partial charge in [0.05, 0.1) is 22.9 Å². The van der Waals surface area contributed by atoms with Gasteiger partial charge in [-0.3, -0.25) is 4.79 Å². The van der Waals surface area contributed by atoms with Gasteiger partial charge in [0.15, 0.2) is 0 Å². The lowest BCUT2D eigenvalue weighted by Crippen LogP contribution is -2.23. The predicted molar refractivity (Wildman–Crippen MR) is 106 cm³/mol. The van der Waals surface area contributed by atoms with Crippen LogP contribution in [0.4, 0.5) is 0 Å². The Bertz CT molecular complexity index is 861. The molecule has 1 heterocycles. The first-order valence-corrected chi connectivity index (χ1v) is 9.69. The van der Waals surface area contributed by atoms with Gasteiger partial charge < -0.3 is 14.8 Å². The molecule has 140 valence electrons. The second kappa shape index (κ2) is 9.19. The van der Waals surface area contributed by atoms with Crippen molar-refractivity contribution in [3.05, 3.63) is 76.2 Å². The Morgan fingerprint density at radius 3 is 2.63 bits per heavy atom. The van der Waals surface area contributed by atoms with Crippen molar-refractivity contribution in [3.8, 4) is 11.5 Å². The highest BCUT2D eigenvalue weighted by Gasteiger charge is 2.12. The Morgan fingerprint density at radius 2 is 1.93 bits per heavy atom. The summed E-state index contributed by atoms with van der Waals surface area (Å²) in [6, 6.07) is 14.9. The van der Waals surface area contributed by atoms with Gasteiger partial charge in [-0.2, -0.15) is 0 Å². The number of hydrogen-bond donors (Lipinski definition) is 1. The van der Waals surface area contributed by atoms with Crippen LogP contribution in [0, 0.1) is 0 Å². The number of carbonyl (C=O) groups excluding carboxylic acids is 1. The maximum absolute atomic E-state index is 12.6. The Kier molecular flexibility index (Phi) is 6.44. The molecule has 5 nitrogen and oxygen atoms in total. The molecular formula is C21H22N2O3S. The van der Waals surface area contributed by atoms with Crippen molar-refractivity contribution in [1.29, 1.82) is 0 Å². The molecule has 27 heavy (non-hydrogen) atoms. The lowest BCUT2D eigenvalue weighted by molar-refractivity contribution is 0.0946. The van der Waals surface area contributed by atoms with Crippen LogP contribution in [0.1, 0.15) is 35.5 Å². The zero-order valence-corrected chi connectivity index (χ0v) is 16.2. The summed E-state index contributed by atoms with van der Waals surface area (Å²) in [5, 5.41) is 4.86. The van der Waals surface area contributed by atoms with Gasteiger partial charge in [0, 0.05) is 11.9 Å². The van der Waals surface area contributed by atoms with Crippen LogP contribution in [0.25, 0.3) is 0 Å². The molecule has 0 radical (unpaired) electrons. The molecule has 0 unspecified atom stereocenters. The third kappa shape index (κ3) is 5.56. The quantitative estimate of drug-likeness (QED) is 0.626. The van der Waals surface area contributed by atoms with E-state index in [1.54, 1.807) is 17.6 Å². The summed E-state index contributed by atoms with van der Waals surface area (Å²) >= 11 is 1.52. The number of rotatable bonds is 8. The van der Waals surface area contributed by atoms with E-state index < -0.39 is 0 Å². The van der Waals surface area contributed by atoms with E-state index in [9.17, 15) is 4.79 Å². The van der Waals surface area contributed by atoms with Crippen LogP contribution in [-0.4, -0.2) is 17.0 Å². The van der Waals surface area contributed by atoms with Crippen LogP contribution in [-0.2, 0) is 13.2 Å². The highest BCUT2D eigenvalue weighted by molar-refractivity contribution is 7.07. The molecule has 3 aromatic rings. The molecular weight excluding hydrogens is 360 g/mol. The summed E-state index contributed by atoms with van der Waals surface area (Å²) in [6.07, 6.45) is 0.135. The van der Waals surface area contributed by atoms with Crippen LogP contribution in [0.15, 0.2) is 59.4 Å². The number of amides is 1. The average molecular weight is 382 g/mol. The van der Waals surface area contributed by atoms with Crippen molar-refractivity contribution < 1.29 is 14.3 Å². The lowest BCUT2D eigenvalue weighted by Gasteiger charge is -2.12. The topological polar surface area (TPSA) is 60.5 Å². The average Bonchev–Trinajstić information content (AvgIpc) is 3.19. The van der Waals surface area contributed by atoms with Crippen LogP contribution in [0.5, 0.6) is 11.5 Å². The summed E-state index contributed by atoms with van der Waals surface area (Å²) in [5.74, 6) is 1.19. The molecule has 0 saturated carbocycles. The number of ether oxygens (including phenoxy) is 2. The Hall–Kier alpha value is -2.86. The monoisotopic (exact) mass is 382 g/mol. The van der Waals surface area contributed by atoms with Gasteiger partial charge >= 0.3 is 0 Å². The molecule has 1 amide bonds. The number of hydrogen-bond acceptors (Lipinski definition) is 5. The Morgan fingerprint density at radius 1 is 1.15 bits per heavy atom. The molecule has 2 aromatic carbocycles. The summed E-state index contributed by atoms with van der Waals surface area (Å²) in [7, 11) is 0. The van der Waals surface area contributed by atoms with Crippen LogP contribution >= 0.6 is 11.3 Å². The van der Waals surface area contributed by atoms with Crippen molar-refractivity contribution in [2.45, 2.75) is 33.1 Å². The van der Waals surface area contributed by atoms with Crippen molar-refractivity contribution in [2.75, 3.05) is 0 Å². The van der Waals surface area contributed by atoms with E-state index in [1.165, 1.54) is 11.3 Å². The van der Waals surface area contributed by atoms with E-state index in [-0.39, 0.29) is 12.0 Å². The number of benzene rings is 2. The standard InChI is InChI=1S/C21H22N2O3S/c1-15(2)26-18-9-7-16(8-10-18)11-22-21(24)19-5-3-4-6-20(19)25-12-17-13-27-14-23-17/h3-10,13-15H,11-12H2,1-2H3,(H,22,24). The third-order valence-corrected chi connectivity index (χ3v) is 4.37. The largest absolute Gasteiger partial charge is 0.491 e. The number of para-hydroxylation sites is 1. The molecule has 1 N–H and O–H groups in total. The van der Waals surface area contributed by atoms with Gasteiger partial charge in [-0.1, -0.05) is 24.3 Å². The molecule has 0 spiro atoms. The van der Waals surface area contributed by atoms with E-state index in [2.05, 4.69) is 10.3 Å². The number of carbonyl (C=O) groups is 1. The first kappa shape index (κ1) is 18.9. The van der Waals surface area contributed by atoms with Crippen molar-refractivity contribution >= 4 is 17.2 Å². The van der Waals surface area contributed by atoms with E-state index in [4.69, 9.17) is 9.47 Å².